The number of fused-ring (bicyclic) bond motifs is 1. The zero-order chi connectivity index (χ0) is 12.5. The molecule has 96 valence electrons. The Balaban J connectivity index is 1.86. The van der Waals surface area contributed by atoms with E-state index in [4.69, 9.17) is 4.74 Å². The molecule has 1 saturated carbocycles. The number of rotatable bonds is 5. The molecule has 0 saturated heterocycles. The average molecular weight is 244 g/mol. The van der Waals surface area contributed by atoms with Gasteiger partial charge in [0.1, 0.15) is 5.75 Å². The Hall–Kier alpha value is -1.48. The third kappa shape index (κ3) is 2.10. The van der Waals surface area contributed by atoms with Crippen molar-refractivity contribution in [1.82, 2.24) is 9.88 Å². The van der Waals surface area contributed by atoms with Gasteiger partial charge < -0.3 is 14.6 Å². The Morgan fingerprint density at radius 3 is 2.94 bits per heavy atom. The van der Waals surface area contributed by atoms with E-state index in [-0.39, 0.29) is 0 Å². The Morgan fingerprint density at radius 2 is 2.22 bits per heavy atom. The summed E-state index contributed by atoms with van der Waals surface area (Å²) in [7, 11) is 3.82. The highest BCUT2D eigenvalue weighted by atomic mass is 16.5. The fourth-order valence-corrected chi connectivity index (χ4v) is 2.58. The first kappa shape index (κ1) is 11.6. The summed E-state index contributed by atoms with van der Waals surface area (Å²) in [5.74, 6) is 0.955. The molecule has 3 heteroatoms. The summed E-state index contributed by atoms with van der Waals surface area (Å²) >= 11 is 0. The molecule has 2 aromatic rings. The maximum Gasteiger partial charge on any atom is 0.143 e. The Bertz CT molecular complexity index is 555. The van der Waals surface area contributed by atoms with Crippen molar-refractivity contribution in [2.24, 2.45) is 7.05 Å². The van der Waals surface area contributed by atoms with E-state index in [0.717, 1.165) is 24.8 Å². The van der Waals surface area contributed by atoms with E-state index >= 15 is 0 Å². The molecule has 1 aliphatic carbocycles. The van der Waals surface area contributed by atoms with E-state index in [2.05, 4.69) is 35.3 Å². The predicted molar refractivity (Wildman–Crippen MR) is 74.2 cm³/mol. The molecule has 1 N–H and O–H groups in total. The molecule has 3 nitrogen and oxygen atoms in total. The lowest BCUT2D eigenvalue weighted by Crippen LogP contribution is -2.19. The lowest BCUT2D eigenvalue weighted by Gasteiger charge is -2.04. The summed E-state index contributed by atoms with van der Waals surface area (Å²) < 4.78 is 7.61. The smallest absolute Gasteiger partial charge is 0.143 e. The van der Waals surface area contributed by atoms with Crippen LogP contribution in [0.5, 0.6) is 5.75 Å². The number of nitrogens with one attached hydrogen (secondary N) is 1. The lowest BCUT2D eigenvalue weighted by molar-refractivity contribution is 0.418. The van der Waals surface area contributed by atoms with Crippen molar-refractivity contribution >= 4 is 10.9 Å². The molecule has 0 amide bonds. The van der Waals surface area contributed by atoms with Gasteiger partial charge in [0, 0.05) is 24.7 Å². The largest absolute Gasteiger partial charge is 0.495 e. The predicted octanol–water partition coefficient (Wildman–Crippen LogP) is 2.48. The first-order chi connectivity index (χ1) is 8.79. The Morgan fingerprint density at radius 1 is 1.39 bits per heavy atom. The van der Waals surface area contributed by atoms with Crippen molar-refractivity contribution in [3.8, 4) is 5.75 Å². The third-order valence-electron chi connectivity index (χ3n) is 3.67. The molecule has 0 bridgehead atoms. The number of benzene rings is 1. The molecule has 3 rings (SSSR count). The van der Waals surface area contributed by atoms with Crippen LogP contribution in [0.15, 0.2) is 24.4 Å². The van der Waals surface area contributed by atoms with Crippen LogP contribution in [0.25, 0.3) is 10.9 Å². The molecule has 0 spiro atoms. The summed E-state index contributed by atoms with van der Waals surface area (Å²) in [6.45, 7) is 1.07. The van der Waals surface area contributed by atoms with Gasteiger partial charge in [0.2, 0.25) is 0 Å². The molecule has 0 atom stereocenters. The zero-order valence-electron chi connectivity index (χ0n) is 11.1. The van der Waals surface area contributed by atoms with Gasteiger partial charge in [-0.3, -0.25) is 0 Å². The van der Waals surface area contributed by atoms with Gasteiger partial charge >= 0.3 is 0 Å². The number of hydrogen-bond acceptors (Lipinski definition) is 2. The molecule has 0 radical (unpaired) electrons. The van der Waals surface area contributed by atoms with Crippen LogP contribution in [-0.4, -0.2) is 24.3 Å². The first-order valence-corrected chi connectivity index (χ1v) is 6.64. The minimum Gasteiger partial charge on any atom is -0.495 e. The Kier molecular flexibility index (Phi) is 3.00. The molecular formula is C15H20N2O. The molecule has 1 aromatic carbocycles. The average Bonchev–Trinajstić information content (AvgIpc) is 3.15. The fraction of sp³-hybridized carbons (Fsp3) is 0.467. The maximum atomic E-state index is 5.44. The van der Waals surface area contributed by atoms with Crippen LogP contribution < -0.4 is 10.1 Å². The summed E-state index contributed by atoms with van der Waals surface area (Å²) in [5.41, 5.74) is 2.60. The Labute approximate surface area is 108 Å². The molecule has 18 heavy (non-hydrogen) atoms. The zero-order valence-corrected chi connectivity index (χ0v) is 11.1. The summed E-state index contributed by atoms with van der Waals surface area (Å²) in [5, 5.41) is 4.88. The van der Waals surface area contributed by atoms with Gasteiger partial charge in [-0.05, 0) is 37.4 Å². The van der Waals surface area contributed by atoms with Crippen molar-refractivity contribution in [1.29, 1.82) is 0 Å². The van der Waals surface area contributed by atoms with Gasteiger partial charge in [-0.15, -0.1) is 0 Å². The fourth-order valence-electron chi connectivity index (χ4n) is 2.58. The number of aryl methyl sites for hydroxylation is 1. The normalized spacial score (nSPS) is 15.2. The van der Waals surface area contributed by atoms with Crippen molar-refractivity contribution in [2.75, 3.05) is 13.7 Å². The van der Waals surface area contributed by atoms with E-state index in [9.17, 15) is 0 Å². The van der Waals surface area contributed by atoms with Crippen molar-refractivity contribution in [3.05, 3.63) is 30.0 Å². The van der Waals surface area contributed by atoms with Crippen molar-refractivity contribution in [2.45, 2.75) is 25.3 Å². The van der Waals surface area contributed by atoms with Gasteiger partial charge in [-0.1, -0.05) is 12.1 Å². The van der Waals surface area contributed by atoms with E-state index in [1.807, 2.05) is 6.07 Å². The number of methoxy groups -OCH3 is 1. The quantitative estimate of drug-likeness (QED) is 0.874. The van der Waals surface area contributed by atoms with Crippen LogP contribution in [0.1, 0.15) is 18.4 Å². The van der Waals surface area contributed by atoms with Crippen LogP contribution in [0.4, 0.5) is 0 Å². The highest BCUT2D eigenvalue weighted by Crippen LogP contribution is 2.29. The van der Waals surface area contributed by atoms with Crippen molar-refractivity contribution < 1.29 is 4.74 Å². The number of hydrogen-bond donors (Lipinski definition) is 1. The molecular weight excluding hydrogens is 224 g/mol. The minimum atomic E-state index is 0.787. The molecule has 1 heterocycles. The topological polar surface area (TPSA) is 26.2 Å². The third-order valence-corrected chi connectivity index (χ3v) is 3.67. The van der Waals surface area contributed by atoms with Gasteiger partial charge in [-0.2, -0.15) is 0 Å². The maximum absolute atomic E-state index is 5.44. The molecule has 1 aromatic heterocycles. The van der Waals surface area contributed by atoms with E-state index in [1.54, 1.807) is 7.11 Å². The summed E-state index contributed by atoms with van der Waals surface area (Å²) in [6.07, 6.45) is 6.01. The number of ether oxygens (including phenoxy) is 1. The summed E-state index contributed by atoms with van der Waals surface area (Å²) in [4.78, 5) is 0. The molecule has 0 unspecified atom stereocenters. The standard InChI is InChI=1S/C15H20N2O/c1-17-10-11(8-9-16-12-6-7-12)13-4-3-5-14(18-2)15(13)17/h3-5,10,12,16H,6-9H2,1-2H3. The van der Waals surface area contributed by atoms with Crippen LogP contribution in [0, 0.1) is 0 Å². The molecule has 0 aliphatic heterocycles. The summed E-state index contributed by atoms with van der Waals surface area (Å²) in [6, 6.07) is 7.06. The van der Waals surface area contributed by atoms with Gasteiger partial charge in [-0.25, -0.2) is 0 Å². The van der Waals surface area contributed by atoms with Crippen molar-refractivity contribution in [3.63, 3.8) is 0 Å². The lowest BCUT2D eigenvalue weighted by atomic mass is 10.1. The second-order valence-corrected chi connectivity index (χ2v) is 5.10. The molecule has 1 fully saturated rings. The van der Waals surface area contributed by atoms with Crippen LogP contribution >= 0.6 is 0 Å². The first-order valence-electron chi connectivity index (χ1n) is 6.64. The second-order valence-electron chi connectivity index (χ2n) is 5.10. The second kappa shape index (κ2) is 4.65. The van der Waals surface area contributed by atoms with E-state index in [0.29, 0.717) is 0 Å². The van der Waals surface area contributed by atoms with Gasteiger partial charge in [0.25, 0.3) is 0 Å². The van der Waals surface area contributed by atoms with E-state index in [1.165, 1.54) is 29.3 Å². The minimum absolute atomic E-state index is 0.787. The van der Waals surface area contributed by atoms with Gasteiger partial charge in [0.15, 0.2) is 0 Å². The molecule has 1 aliphatic rings. The number of aromatic nitrogens is 1. The van der Waals surface area contributed by atoms with Gasteiger partial charge in [0.05, 0.1) is 12.6 Å². The monoisotopic (exact) mass is 244 g/mol. The van der Waals surface area contributed by atoms with Crippen LogP contribution in [0.3, 0.4) is 0 Å². The van der Waals surface area contributed by atoms with E-state index < -0.39 is 0 Å². The highest BCUT2D eigenvalue weighted by Gasteiger charge is 2.20. The number of para-hydroxylation sites is 1. The SMILES string of the molecule is COc1cccc2c(CCNC3CC3)cn(C)c12. The van der Waals surface area contributed by atoms with Crippen LogP contribution in [-0.2, 0) is 13.5 Å². The number of nitrogens with zero attached hydrogens (tertiary/aromatic N) is 1. The highest BCUT2D eigenvalue weighted by molar-refractivity contribution is 5.89. The van der Waals surface area contributed by atoms with Crippen LogP contribution in [0.2, 0.25) is 0 Å².